The minimum atomic E-state index is -4.65. The Hall–Kier alpha value is -4.86. The number of aliphatic hydroxyl groups excluding tert-OH is 1. The predicted octanol–water partition coefficient (Wildman–Crippen LogP) is 4.10. The number of carbonyl (C=O) groups excluding carboxylic acids is 2. The summed E-state index contributed by atoms with van der Waals surface area (Å²) in [4.78, 5) is 28.6. The molecule has 0 unspecified atom stereocenters. The zero-order valence-electron chi connectivity index (χ0n) is 21.4. The van der Waals surface area contributed by atoms with E-state index >= 15 is 0 Å². The van der Waals surface area contributed by atoms with E-state index in [0.29, 0.717) is 16.8 Å². The molecule has 0 saturated carbocycles. The number of fused-ring (bicyclic) bond motifs is 1. The molecule has 10 nitrogen and oxygen atoms in total. The molecule has 16 heteroatoms. The SMILES string of the molecule is O=C(NCCO)c1ccc(Nc2nc3ccc(-c4cccc(C(=O)NCC(F)(F)F)c4)cn3n2)c(OCC(F)(F)F)c1. The lowest BCUT2D eigenvalue weighted by molar-refractivity contribution is -0.153. The molecule has 0 fully saturated rings. The molecule has 2 aromatic carbocycles. The van der Waals surface area contributed by atoms with Gasteiger partial charge in [0, 0.05) is 29.4 Å². The lowest BCUT2D eigenvalue weighted by Crippen LogP contribution is -2.33. The Balaban J connectivity index is 1.57. The monoisotopic (exact) mass is 596 g/mol. The first-order chi connectivity index (χ1) is 19.8. The lowest BCUT2D eigenvalue weighted by atomic mass is 10.0. The largest absolute Gasteiger partial charge is 0.482 e. The molecule has 0 saturated heterocycles. The molecular weight excluding hydrogens is 574 g/mol. The average Bonchev–Trinajstić information content (AvgIpc) is 3.35. The smallest absolute Gasteiger partial charge is 0.422 e. The highest BCUT2D eigenvalue weighted by atomic mass is 19.4. The summed E-state index contributed by atoms with van der Waals surface area (Å²) in [5, 5.41) is 20.1. The van der Waals surface area contributed by atoms with Gasteiger partial charge in [-0.25, -0.2) is 4.52 Å². The maximum absolute atomic E-state index is 12.8. The third-order valence-corrected chi connectivity index (χ3v) is 5.52. The number of amides is 2. The number of aromatic nitrogens is 3. The Labute approximate surface area is 233 Å². The molecule has 2 aromatic heterocycles. The van der Waals surface area contributed by atoms with Gasteiger partial charge in [0.1, 0.15) is 12.3 Å². The zero-order valence-corrected chi connectivity index (χ0v) is 21.4. The van der Waals surface area contributed by atoms with Gasteiger partial charge in [0.2, 0.25) is 5.95 Å². The van der Waals surface area contributed by atoms with Crippen LogP contribution in [0.4, 0.5) is 38.0 Å². The standard InChI is InChI=1S/C26H22F6N6O4/c27-25(28,29)13-34-23(41)16-3-1-2-15(10-16)18-5-7-21-36-24(37-38(21)12-18)35-19-6-4-17(22(40)33-8-9-39)11-20(19)42-14-26(30,31)32/h1-7,10-12,39H,8-9,13-14H2,(H,33,40)(H,34,41)(H,35,37). The zero-order chi connectivity index (χ0) is 30.5. The number of halogens is 6. The second-order valence-electron chi connectivity index (χ2n) is 8.75. The van der Waals surface area contributed by atoms with Gasteiger partial charge < -0.3 is 25.8 Å². The molecule has 222 valence electrons. The van der Waals surface area contributed by atoms with Gasteiger partial charge in [-0.1, -0.05) is 12.1 Å². The van der Waals surface area contributed by atoms with Crippen LogP contribution in [-0.4, -0.2) is 70.2 Å². The van der Waals surface area contributed by atoms with E-state index in [4.69, 9.17) is 9.84 Å². The summed E-state index contributed by atoms with van der Waals surface area (Å²) in [6.45, 7) is -3.48. The van der Waals surface area contributed by atoms with E-state index in [9.17, 15) is 35.9 Å². The summed E-state index contributed by atoms with van der Waals surface area (Å²) in [7, 11) is 0. The molecule has 2 amide bonds. The minimum Gasteiger partial charge on any atom is -0.482 e. The second-order valence-corrected chi connectivity index (χ2v) is 8.75. The summed E-state index contributed by atoms with van der Waals surface area (Å²) in [6, 6.07) is 12.9. The molecule has 0 aliphatic heterocycles. The Morgan fingerprint density at radius 1 is 0.881 bits per heavy atom. The van der Waals surface area contributed by atoms with Gasteiger partial charge in [-0.3, -0.25) is 9.59 Å². The van der Waals surface area contributed by atoms with Crippen LogP contribution in [0.1, 0.15) is 20.7 Å². The summed E-state index contributed by atoms with van der Waals surface area (Å²) in [5.41, 5.74) is 1.41. The van der Waals surface area contributed by atoms with Gasteiger partial charge in [-0.05, 0) is 48.0 Å². The van der Waals surface area contributed by atoms with Crippen LogP contribution in [0.2, 0.25) is 0 Å². The number of benzene rings is 2. The molecule has 4 rings (SSSR count). The van der Waals surface area contributed by atoms with E-state index in [1.165, 1.54) is 41.0 Å². The number of hydrogen-bond acceptors (Lipinski definition) is 7. The van der Waals surface area contributed by atoms with Gasteiger partial charge in [0.15, 0.2) is 12.3 Å². The Morgan fingerprint density at radius 3 is 2.33 bits per heavy atom. The van der Waals surface area contributed by atoms with Crippen molar-refractivity contribution < 1.29 is 45.8 Å². The number of pyridine rings is 1. The topological polar surface area (TPSA) is 130 Å². The van der Waals surface area contributed by atoms with Gasteiger partial charge in [-0.15, -0.1) is 5.10 Å². The molecule has 0 aliphatic carbocycles. The second kappa shape index (κ2) is 12.3. The maximum Gasteiger partial charge on any atom is 0.422 e. The van der Waals surface area contributed by atoms with Crippen molar-refractivity contribution in [3.8, 4) is 16.9 Å². The first-order valence-electron chi connectivity index (χ1n) is 12.1. The van der Waals surface area contributed by atoms with Crippen LogP contribution in [-0.2, 0) is 0 Å². The van der Waals surface area contributed by atoms with E-state index in [1.54, 1.807) is 18.2 Å². The van der Waals surface area contributed by atoms with Crippen molar-refractivity contribution in [1.29, 1.82) is 0 Å². The average molecular weight is 596 g/mol. The van der Waals surface area contributed by atoms with Crippen molar-refractivity contribution in [2.75, 3.05) is 31.6 Å². The third-order valence-electron chi connectivity index (χ3n) is 5.52. The summed E-state index contributed by atoms with van der Waals surface area (Å²) in [6.07, 6.45) is -7.67. The number of aliphatic hydroxyl groups is 1. The molecule has 0 bridgehead atoms. The van der Waals surface area contributed by atoms with E-state index in [0.717, 1.165) is 6.07 Å². The van der Waals surface area contributed by atoms with Gasteiger partial charge in [0.05, 0.1) is 12.3 Å². The Bertz CT molecular complexity index is 1590. The number of alkyl halides is 6. The number of nitrogens with one attached hydrogen (secondary N) is 3. The molecule has 0 atom stereocenters. The Kier molecular flexibility index (Phi) is 8.84. The number of carbonyl (C=O) groups is 2. The van der Waals surface area contributed by atoms with Crippen molar-refractivity contribution in [3.63, 3.8) is 0 Å². The number of hydrogen-bond donors (Lipinski definition) is 4. The van der Waals surface area contributed by atoms with Crippen molar-refractivity contribution in [1.82, 2.24) is 25.2 Å². The molecule has 0 aliphatic rings. The van der Waals surface area contributed by atoms with Crippen molar-refractivity contribution in [2.45, 2.75) is 12.4 Å². The van der Waals surface area contributed by atoms with E-state index in [2.05, 4.69) is 20.7 Å². The fraction of sp³-hybridized carbons (Fsp3) is 0.231. The van der Waals surface area contributed by atoms with Crippen LogP contribution in [0.25, 0.3) is 16.8 Å². The van der Waals surface area contributed by atoms with E-state index in [1.807, 2.05) is 5.32 Å². The fourth-order valence-corrected chi connectivity index (χ4v) is 3.67. The molecular formula is C26H22F6N6O4. The van der Waals surface area contributed by atoms with Gasteiger partial charge in [0.25, 0.3) is 11.8 Å². The molecule has 42 heavy (non-hydrogen) atoms. The molecule has 4 aromatic rings. The molecule has 0 spiro atoms. The van der Waals surface area contributed by atoms with Crippen molar-refractivity contribution >= 4 is 29.1 Å². The van der Waals surface area contributed by atoms with E-state index in [-0.39, 0.29) is 41.7 Å². The quantitative estimate of drug-likeness (QED) is 0.203. The predicted molar refractivity (Wildman–Crippen MR) is 138 cm³/mol. The first-order valence-corrected chi connectivity index (χ1v) is 12.1. The van der Waals surface area contributed by atoms with Crippen LogP contribution in [0, 0.1) is 0 Å². The third kappa shape index (κ3) is 8.09. The summed E-state index contributed by atoms with van der Waals surface area (Å²) in [5.74, 6) is -1.86. The van der Waals surface area contributed by atoms with E-state index < -0.39 is 37.3 Å². The number of anilines is 2. The first kappa shape index (κ1) is 30.1. The summed E-state index contributed by atoms with van der Waals surface area (Å²) >= 11 is 0. The van der Waals surface area contributed by atoms with Crippen LogP contribution in [0.15, 0.2) is 60.8 Å². The highest BCUT2D eigenvalue weighted by Crippen LogP contribution is 2.30. The Morgan fingerprint density at radius 2 is 1.62 bits per heavy atom. The van der Waals surface area contributed by atoms with Crippen LogP contribution in [0.5, 0.6) is 5.75 Å². The lowest BCUT2D eigenvalue weighted by Gasteiger charge is -2.14. The fourth-order valence-electron chi connectivity index (χ4n) is 3.67. The highest BCUT2D eigenvalue weighted by Gasteiger charge is 2.29. The highest BCUT2D eigenvalue weighted by molar-refractivity contribution is 5.96. The van der Waals surface area contributed by atoms with Gasteiger partial charge >= 0.3 is 12.4 Å². The number of ether oxygens (including phenoxy) is 1. The minimum absolute atomic E-state index is 0.00639. The van der Waals surface area contributed by atoms with Crippen LogP contribution in [0.3, 0.4) is 0 Å². The molecule has 4 N–H and O–H groups in total. The van der Waals surface area contributed by atoms with Crippen molar-refractivity contribution in [2.24, 2.45) is 0 Å². The normalized spacial score (nSPS) is 11.8. The maximum atomic E-state index is 12.8. The number of rotatable bonds is 10. The number of nitrogens with zero attached hydrogens (tertiary/aromatic N) is 3. The van der Waals surface area contributed by atoms with Gasteiger partial charge in [-0.2, -0.15) is 31.3 Å². The van der Waals surface area contributed by atoms with Crippen LogP contribution < -0.4 is 20.7 Å². The van der Waals surface area contributed by atoms with Crippen LogP contribution >= 0.6 is 0 Å². The van der Waals surface area contributed by atoms with Crippen molar-refractivity contribution in [3.05, 3.63) is 71.9 Å². The summed E-state index contributed by atoms with van der Waals surface area (Å²) < 4.78 is 82.2. The molecule has 2 heterocycles. The molecule has 0 radical (unpaired) electrons.